The van der Waals surface area contributed by atoms with Gasteiger partial charge in [0.05, 0.1) is 12.1 Å². The molecule has 5 N–H and O–H groups in total. The molecule has 0 fully saturated rings. The van der Waals surface area contributed by atoms with Crippen molar-refractivity contribution in [1.29, 1.82) is 0 Å². The first kappa shape index (κ1) is 20.2. The number of anilines is 2. The molecule has 0 saturated carbocycles. The van der Waals surface area contributed by atoms with E-state index in [9.17, 15) is 9.90 Å². The number of rotatable bonds is 7. The van der Waals surface area contributed by atoms with E-state index in [0.29, 0.717) is 23.7 Å². The normalized spacial score (nSPS) is 12.9. The summed E-state index contributed by atoms with van der Waals surface area (Å²) in [5.41, 5.74) is 5.44. The van der Waals surface area contributed by atoms with Gasteiger partial charge in [-0.2, -0.15) is 9.97 Å². The zero-order valence-electron chi connectivity index (χ0n) is 16.6. The summed E-state index contributed by atoms with van der Waals surface area (Å²) in [4.78, 5) is 25.7. The number of nitrogens with one attached hydrogen (secondary N) is 2. The Morgan fingerprint density at radius 2 is 1.92 bits per heavy atom. The fraction of sp³-hybridized carbons (Fsp3) is 0.706. The van der Waals surface area contributed by atoms with Gasteiger partial charge in [-0.15, -0.1) is 0 Å². The third kappa shape index (κ3) is 4.95. The predicted molar refractivity (Wildman–Crippen MR) is 104 cm³/mol. The number of hydrogen-bond donors (Lipinski definition) is 4. The number of nitrogens with zero attached hydrogens (tertiary/aromatic N) is 4. The van der Waals surface area contributed by atoms with Crippen molar-refractivity contribution in [2.24, 2.45) is 0 Å². The molecule has 0 aliphatic carbocycles. The van der Waals surface area contributed by atoms with Crippen LogP contribution in [0.5, 0.6) is 0 Å². The first-order valence-electron chi connectivity index (χ1n) is 8.82. The number of aromatic nitrogens is 4. The van der Waals surface area contributed by atoms with E-state index >= 15 is 0 Å². The van der Waals surface area contributed by atoms with Crippen LogP contribution in [0.3, 0.4) is 0 Å². The fourth-order valence-electron chi connectivity index (χ4n) is 2.52. The van der Waals surface area contributed by atoms with Crippen molar-refractivity contribution < 1.29 is 5.11 Å². The number of aliphatic hydroxyl groups is 1. The van der Waals surface area contributed by atoms with E-state index in [2.05, 4.69) is 53.0 Å². The smallest absolute Gasteiger partial charge is 0.327 e. The zero-order valence-corrected chi connectivity index (χ0v) is 16.6. The van der Waals surface area contributed by atoms with Gasteiger partial charge >= 0.3 is 5.69 Å². The predicted octanol–water partition coefficient (Wildman–Crippen LogP) is 1.01. The summed E-state index contributed by atoms with van der Waals surface area (Å²) in [7, 11) is 2.09. The minimum absolute atomic E-state index is 0.109. The molecule has 0 radical (unpaired) electrons. The van der Waals surface area contributed by atoms with Crippen LogP contribution in [0.4, 0.5) is 11.8 Å². The minimum atomic E-state index is -1.05. The minimum Gasteiger partial charge on any atom is -0.389 e. The molecule has 0 aliphatic heterocycles. The maximum atomic E-state index is 12.2. The van der Waals surface area contributed by atoms with Crippen LogP contribution in [-0.2, 0) is 6.54 Å². The lowest BCUT2D eigenvalue weighted by Crippen LogP contribution is -2.39. The number of hydrogen-bond acceptors (Lipinski definition) is 7. The maximum Gasteiger partial charge on any atom is 0.327 e. The number of nitrogen functional groups attached to an aromatic ring is 1. The molecule has 9 heteroatoms. The number of imidazole rings is 1. The Morgan fingerprint density at radius 3 is 2.50 bits per heavy atom. The molecule has 0 aromatic carbocycles. The molecule has 0 spiro atoms. The largest absolute Gasteiger partial charge is 0.389 e. The van der Waals surface area contributed by atoms with Crippen molar-refractivity contribution >= 4 is 22.9 Å². The highest BCUT2D eigenvalue weighted by Gasteiger charge is 2.20. The Kier molecular flexibility index (Phi) is 5.62. The van der Waals surface area contributed by atoms with E-state index < -0.39 is 5.60 Å². The molecule has 9 nitrogen and oxygen atoms in total. The van der Waals surface area contributed by atoms with Crippen molar-refractivity contribution in [2.45, 2.75) is 58.7 Å². The van der Waals surface area contributed by atoms with E-state index in [1.54, 1.807) is 13.8 Å². The van der Waals surface area contributed by atoms with E-state index in [4.69, 9.17) is 5.73 Å². The average molecular weight is 365 g/mol. The van der Waals surface area contributed by atoms with Crippen molar-refractivity contribution in [3.05, 3.63) is 10.5 Å². The van der Waals surface area contributed by atoms with Gasteiger partial charge in [-0.3, -0.25) is 4.57 Å². The second kappa shape index (κ2) is 7.24. The van der Waals surface area contributed by atoms with Crippen LogP contribution in [0.15, 0.2) is 4.79 Å². The van der Waals surface area contributed by atoms with Crippen LogP contribution in [0, 0.1) is 0 Å². The molecule has 0 bridgehead atoms. The van der Waals surface area contributed by atoms with Crippen LogP contribution in [0.25, 0.3) is 11.2 Å². The molecule has 0 saturated heterocycles. The van der Waals surface area contributed by atoms with Gasteiger partial charge in [0.2, 0.25) is 5.95 Å². The Hall–Kier alpha value is -2.13. The highest BCUT2D eigenvalue weighted by molar-refractivity contribution is 5.82. The van der Waals surface area contributed by atoms with Gasteiger partial charge in [0.1, 0.15) is 5.52 Å². The molecule has 26 heavy (non-hydrogen) atoms. The molecule has 0 unspecified atom stereocenters. The molecular formula is C17H31N7O2. The van der Waals surface area contributed by atoms with E-state index in [-0.39, 0.29) is 23.6 Å². The van der Waals surface area contributed by atoms with E-state index in [1.807, 2.05) is 0 Å². The molecule has 2 aromatic heterocycles. The van der Waals surface area contributed by atoms with Gasteiger partial charge in [-0.1, -0.05) is 0 Å². The standard InChI is InChI=1S/C17H31N7O2/c1-16(2,3)23(6)9-7-8-19-14-21-12(18)11-13(22-14)24(15(25)20-11)10-17(4,5)26/h26H,7-10H2,1-6H3,(H,20,25)(H3,18,19,21,22). The molecular weight excluding hydrogens is 334 g/mol. The fourth-order valence-corrected chi connectivity index (χ4v) is 2.52. The van der Waals surface area contributed by atoms with Gasteiger partial charge < -0.3 is 26.0 Å². The lowest BCUT2D eigenvalue weighted by atomic mass is 10.1. The monoisotopic (exact) mass is 365 g/mol. The molecule has 2 aromatic rings. The van der Waals surface area contributed by atoms with Crippen LogP contribution in [0.1, 0.15) is 41.0 Å². The Bertz CT molecular complexity index is 811. The SMILES string of the molecule is CN(CCCNc1nc(N)c2[nH]c(=O)n(CC(C)(C)O)c2n1)C(C)(C)C. The Morgan fingerprint density at radius 1 is 1.27 bits per heavy atom. The third-order valence-corrected chi connectivity index (χ3v) is 4.29. The number of H-pyrrole nitrogens is 1. The summed E-state index contributed by atoms with van der Waals surface area (Å²) in [6.45, 7) is 11.5. The highest BCUT2D eigenvalue weighted by Crippen LogP contribution is 2.18. The molecule has 2 rings (SSSR count). The maximum absolute atomic E-state index is 12.2. The molecule has 0 aliphatic rings. The number of nitrogens with two attached hydrogens (primary N) is 1. The molecule has 2 heterocycles. The van der Waals surface area contributed by atoms with Gasteiger partial charge in [-0.25, -0.2) is 4.79 Å². The summed E-state index contributed by atoms with van der Waals surface area (Å²) in [6.07, 6.45) is 0.915. The zero-order chi connectivity index (χ0) is 19.7. The van der Waals surface area contributed by atoms with Gasteiger partial charge in [0.15, 0.2) is 11.5 Å². The first-order valence-corrected chi connectivity index (χ1v) is 8.82. The van der Waals surface area contributed by atoms with Gasteiger partial charge in [0, 0.05) is 18.6 Å². The Labute approximate surface area is 153 Å². The molecule has 0 atom stereocenters. The summed E-state index contributed by atoms with van der Waals surface area (Å²) in [6, 6.07) is 0. The van der Waals surface area contributed by atoms with E-state index in [0.717, 1.165) is 13.0 Å². The molecule has 0 amide bonds. The van der Waals surface area contributed by atoms with Crippen LogP contribution in [-0.4, -0.2) is 60.8 Å². The lowest BCUT2D eigenvalue weighted by Gasteiger charge is -2.31. The first-order chi connectivity index (χ1) is 11.9. The van der Waals surface area contributed by atoms with Crippen LogP contribution < -0.4 is 16.7 Å². The summed E-state index contributed by atoms with van der Waals surface area (Å²) >= 11 is 0. The highest BCUT2D eigenvalue weighted by atomic mass is 16.3. The van der Waals surface area contributed by atoms with Gasteiger partial charge in [-0.05, 0) is 48.1 Å². The summed E-state index contributed by atoms with van der Waals surface area (Å²) < 4.78 is 1.38. The van der Waals surface area contributed by atoms with Crippen LogP contribution in [0.2, 0.25) is 0 Å². The number of aromatic amines is 1. The van der Waals surface area contributed by atoms with Crippen molar-refractivity contribution in [1.82, 2.24) is 24.4 Å². The quantitative estimate of drug-likeness (QED) is 0.540. The molecule has 146 valence electrons. The summed E-state index contributed by atoms with van der Waals surface area (Å²) in [5, 5.41) is 13.2. The van der Waals surface area contributed by atoms with Crippen LogP contribution >= 0.6 is 0 Å². The average Bonchev–Trinajstić information content (AvgIpc) is 2.78. The second-order valence-electron chi connectivity index (χ2n) is 8.33. The van der Waals surface area contributed by atoms with Crippen molar-refractivity contribution in [2.75, 3.05) is 31.2 Å². The summed E-state index contributed by atoms with van der Waals surface area (Å²) in [5.74, 6) is 0.577. The topological polar surface area (TPSA) is 125 Å². The number of fused-ring (bicyclic) bond motifs is 1. The van der Waals surface area contributed by atoms with Gasteiger partial charge in [0.25, 0.3) is 0 Å². The Balaban J connectivity index is 2.14. The van der Waals surface area contributed by atoms with E-state index in [1.165, 1.54) is 4.57 Å². The second-order valence-corrected chi connectivity index (χ2v) is 8.33. The van der Waals surface area contributed by atoms with Crippen molar-refractivity contribution in [3.8, 4) is 0 Å². The lowest BCUT2D eigenvalue weighted by molar-refractivity contribution is 0.0616. The third-order valence-electron chi connectivity index (χ3n) is 4.29. The van der Waals surface area contributed by atoms with Crippen molar-refractivity contribution in [3.63, 3.8) is 0 Å².